The first kappa shape index (κ1) is 20.2. The maximum Gasteiger partial charge on any atom is 0.213 e. The Kier molecular flexibility index (Phi) is 5.55. The number of nitrogens with zero attached hydrogens (tertiary/aromatic N) is 2. The van der Waals surface area contributed by atoms with Gasteiger partial charge in [-0.15, -0.1) is 0 Å². The van der Waals surface area contributed by atoms with Crippen molar-refractivity contribution >= 4 is 12.2 Å². The monoisotopic (exact) mass is 419 g/mol. The van der Waals surface area contributed by atoms with E-state index in [-0.39, 0.29) is 0 Å². The maximum absolute atomic E-state index is 5.25. The molecule has 5 rings (SSSR count). The van der Waals surface area contributed by atoms with Gasteiger partial charge in [0, 0.05) is 30.3 Å². The standard InChI is InChI=1S/C29H27N2O/c1-3-23-11-12-24-16-19-31-18-5-4-6-27(31)29(24)28(23)26-20-22(15-17-30-26)8-7-21-9-13-25(32-2)14-10-21/h4-15,17-18,20H,3,16,19H2,1-2H3/q+1/b8-7+. The molecule has 0 radical (unpaired) electrons. The second kappa shape index (κ2) is 8.80. The lowest BCUT2D eigenvalue weighted by atomic mass is 9.86. The summed E-state index contributed by atoms with van der Waals surface area (Å²) < 4.78 is 7.61. The molecule has 0 unspecified atom stereocenters. The Morgan fingerprint density at radius 2 is 1.78 bits per heavy atom. The largest absolute Gasteiger partial charge is 0.497 e. The molecule has 0 saturated carbocycles. The van der Waals surface area contributed by atoms with Gasteiger partial charge in [0.05, 0.1) is 18.4 Å². The average Bonchev–Trinajstić information content (AvgIpc) is 2.87. The smallest absolute Gasteiger partial charge is 0.213 e. The minimum absolute atomic E-state index is 0.868. The molecule has 0 saturated heterocycles. The molecule has 2 aromatic carbocycles. The van der Waals surface area contributed by atoms with Gasteiger partial charge in [0.25, 0.3) is 0 Å². The molecule has 0 fully saturated rings. The summed E-state index contributed by atoms with van der Waals surface area (Å²) in [4.78, 5) is 4.82. The third-order valence-corrected chi connectivity index (χ3v) is 6.20. The normalized spacial score (nSPS) is 12.4. The van der Waals surface area contributed by atoms with Crippen LogP contribution in [-0.4, -0.2) is 12.1 Å². The van der Waals surface area contributed by atoms with E-state index in [1.807, 2.05) is 18.3 Å². The van der Waals surface area contributed by atoms with Gasteiger partial charge < -0.3 is 4.74 Å². The SMILES string of the molecule is CCc1ccc2c(c1-c1cc(/C=C/c3ccc(OC)cc3)ccn1)-c1cccc[n+]1CC2. The molecule has 3 heteroatoms. The fraction of sp³-hybridized carbons (Fsp3) is 0.172. The molecule has 1 aliphatic heterocycles. The Bertz CT molecular complexity index is 1290. The maximum atomic E-state index is 5.25. The van der Waals surface area contributed by atoms with Crippen LogP contribution in [0.15, 0.2) is 79.1 Å². The quantitative estimate of drug-likeness (QED) is 0.371. The number of ether oxygens (including phenoxy) is 1. The van der Waals surface area contributed by atoms with Crippen molar-refractivity contribution in [2.45, 2.75) is 26.3 Å². The van der Waals surface area contributed by atoms with Crippen LogP contribution in [0.3, 0.4) is 0 Å². The molecule has 4 aromatic rings. The van der Waals surface area contributed by atoms with Gasteiger partial charge in [0.2, 0.25) is 5.69 Å². The lowest BCUT2D eigenvalue weighted by molar-refractivity contribution is -0.687. The first-order valence-corrected chi connectivity index (χ1v) is 11.2. The van der Waals surface area contributed by atoms with Crippen molar-refractivity contribution in [1.82, 2.24) is 4.98 Å². The summed E-state index contributed by atoms with van der Waals surface area (Å²) in [5.41, 5.74) is 9.94. The predicted molar refractivity (Wildman–Crippen MR) is 130 cm³/mol. The van der Waals surface area contributed by atoms with E-state index in [0.29, 0.717) is 0 Å². The molecule has 1 aliphatic rings. The molecule has 0 atom stereocenters. The van der Waals surface area contributed by atoms with Gasteiger partial charge in [-0.2, -0.15) is 4.57 Å². The first-order chi connectivity index (χ1) is 15.8. The van der Waals surface area contributed by atoms with Crippen molar-refractivity contribution in [2.75, 3.05) is 7.11 Å². The highest BCUT2D eigenvalue weighted by atomic mass is 16.5. The van der Waals surface area contributed by atoms with Crippen molar-refractivity contribution in [1.29, 1.82) is 0 Å². The van der Waals surface area contributed by atoms with E-state index in [0.717, 1.165) is 42.0 Å². The van der Waals surface area contributed by atoms with E-state index in [1.54, 1.807) is 7.11 Å². The summed E-state index contributed by atoms with van der Waals surface area (Å²) in [5, 5.41) is 0. The Morgan fingerprint density at radius 3 is 2.59 bits per heavy atom. The topological polar surface area (TPSA) is 26.0 Å². The average molecular weight is 420 g/mol. The van der Waals surface area contributed by atoms with E-state index < -0.39 is 0 Å². The highest BCUT2D eigenvalue weighted by molar-refractivity contribution is 5.85. The number of methoxy groups -OCH3 is 1. The van der Waals surface area contributed by atoms with Crippen LogP contribution in [0.4, 0.5) is 0 Å². The molecule has 3 heterocycles. The molecule has 0 N–H and O–H groups in total. The third kappa shape index (κ3) is 3.82. The number of fused-ring (bicyclic) bond motifs is 3. The second-order valence-corrected chi connectivity index (χ2v) is 8.10. The van der Waals surface area contributed by atoms with E-state index in [4.69, 9.17) is 9.72 Å². The fourth-order valence-corrected chi connectivity index (χ4v) is 4.51. The number of aryl methyl sites for hydroxylation is 3. The Labute approximate surface area is 189 Å². The highest BCUT2D eigenvalue weighted by Gasteiger charge is 2.27. The van der Waals surface area contributed by atoms with Crippen LogP contribution in [0.25, 0.3) is 34.7 Å². The molecule has 158 valence electrons. The predicted octanol–water partition coefficient (Wildman–Crippen LogP) is 6.00. The van der Waals surface area contributed by atoms with Crippen LogP contribution >= 0.6 is 0 Å². The fourth-order valence-electron chi connectivity index (χ4n) is 4.51. The van der Waals surface area contributed by atoms with Crippen molar-refractivity contribution in [3.8, 4) is 28.3 Å². The summed E-state index contributed by atoms with van der Waals surface area (Å²) in [6, 6.07) is 23.4. The molecular formula is C29H27N2O+. The van der Waals surface area contributed by atoms with Gasteiger partial charge in [-0.1, -0.05) is 43.3 Å². The first-order valence-electron chi connectivity index (χ1n) is 11.2. The van der Waals surface area contributed by atoms with Gasteiger partial charge in [0.15, 0.2) is 12.7 Å². The summed E-state index contributed by atoms with van der Waals surface area (Å²) in [5.74, 6) is 0.868. The van der Waals surface area contributed by atoms with E-state index in [1.165, 1.54) is 27.9 Å². The molecule has 0 bridgehead atoms. The number of benzene rings is 2. The van der Waals surface area contributed by atoms with Gasteiger partial charge >= 0.3 is 0 Å². The lowest BCUT2D eigenvalue weighted by Crippen LogP contribution is -2.40. The van der Waals surface area contributed by atoms with Crippen molar-refractivity contribution in [3.05, 3.63) is 101 Å². The Morgan fingerprint density at radius 1 is 0.938 bits per heavy atom. The minimum atomic E-state index is 0.868. The van der Waals surface area contributed by atoms with Crippen LogP contribution in [-0.2, 0) is 19.4 Å². The summed E-state index contributed by atoms with van der Waals surface area (Å²) >= 11 is 0. The zero-order valence-electron chi connectivity index (χ0n) is 18.6. The Balaban J connectivity index is 1.58. The van der Waals surface area contributed by atoms with Gasteiger partial charge in [0.1, 0.15) is 5.75 Å². The Hall–Kier alpha value is -3.72. The van der Waals surface area contributed by atoms with Crippen LogP contribution in [0, 0.1) is 0 Å². The minimum Gasteiger partial charge on any atom is -0.497 e. The number of rotatable bonds is 5. The van der Waals surface area contributed by atoms with E-state index in [9.17, 15) is 0 Å². The van der Waals surface area contributed by atoms with Gasteiger partial charge in [-0.3, -0.25) is 4.98 Å². The van der Waals surface area contributed by atoms with Crippen LogP contribution in [0.5, 0.6) is 5.75 Å². The van der Waals surface area contributed by atoms with Crippen molar-refractivity contribution in [3.63, 3.8) is 0 Å². The highest BCUT2D eigenvalue weighted by Crippen LogP contribution is 2.38. The van der Waals surface area contributed by atoms with Crippen molar-refractivity contribution in [2.24, 2.45) is 0 Å². The summed E-state index contributed by atoms with van der Waals surface area (Å²) in [7, 11) is 1.69. The van der Waals surface area contributed by atoms with E-state index in [2.05, 4.69) is 84.4 Å². The summed E-state index contributed by atoms with van der Waals surface area (Å²) in [6.45, 7) is 3.24. The molecular weight excluding hydrogens is 392 g/mol. The second-order valence-electron chi connectivity index (χ2n) is 8.10. The molecule has 3 nitrogen and oxygen atoms in total. The van der Waals surface area contributed by atoms with Gasteiger partial charge in [-0.25, -0.2) is 0 Å². The van der Waals surface area contributed by atoms with Crippen molar-refractivity contribution < 1.29 is 9.30 Å². The van der Waals surface area contributed by atoms with Crippen LogP contribution in [0.1, 0.15) is 29.2 Å². The zero-order valence-corrected chi connectivity index (χ0v) is 18.6. The summed E-state index contributed by atoms with van der Waals surface area (Å²) in [6.07, 6.45) is 10.4. The number of hydrogen-bond acceptors (Lipinski definition) is 2. The molecule has 32 heavy (non-hydrogen) atoms. The number of aromatic nitrogens is 2. The van der Waals surface area contributed by atoms with E-state index >= 15 is 0 Å². The zero-order chi connectivity index (χ0) is 21.9. The number of pyridine rings is 2. The third-order valence-electron chi connectivity index (χ3n) is 6.20. The molecule has 2 aromatic heterocycles. The number of hydrogen-bond donors (Lipinski definition) is 0. The molecule has 0 amide bonds. The van der Waals surface area contributed by atoms with Crippen LogP contribution < -0.4 is 9.30 Å². The molecule has 0 aliphatic carbocycles. The lowest BCUT2D eigenvalue weighted by Gasteiger charge is -2.20. The van der Waals surface area contributed by atoms with Gasteiger partial charge in [-0.05, 0) is 59.0 Å². The van der Waals surface area contributed by atoms with Crippen LogP contribution in [0.2, 0.25) is 0 Å². The molecule has 0 spiro atoms.